The van der Waals surface area contributed by atoms with E-state index in [9.17, 15) is 27.1 Å². The maximum atomic E-state index is 14.7. The summed E-state index contributed by atoms with van der Waals surface area (Å²) in [5.41, 5.74) is -2.11. The highest BCUT2D eigenvalue weighted by atomic mass is 19.4. The van der Waals surface area contributed by atoms with Crippen molar-refractivity contribution in [2.24, 2.45) is 11.8 Å². The fourth-order valence-corrected chi connectivity index (χ4v) is 4.30. The molecule has 0 spiro atoms. The molecule has 1 N–H and O–H groups in total. The lowest BCUT2D eigenvalue weighted by Crippen LogP contribution is -2.41. The van der Waals surface area contributed by atoms with Gasteiger partial charge in [-0.25, -0.2) is 18.4 Å². The van der Waals surface area contributed by atoms with Gasteiger partial charge >= 0.3 is 6.18 Å². The van der Waals surface area contributed by atoms with Crippen molar-refractivity contribution in [3.63, 3.8) is 0 Å². The van der Waals surface area contributed by atoms with Crippen molar-refractivity contribution < 1.29 is 36.5 Å². The van der Waals surface area contributed by atoms with Crippen molar-refractivity contribution in [2.75, 3.05) is 13.2 Å². The van der Waals surface area contributed by atoms with Crippen LogP contribution in [-0.4, -0.2) is 33.1 Å². The summed E-state index contributed by atoms with van der Waals surface area (Å²) in [7, 11) is 0. The number of rotatable bonds is 7. The quantitative estimate of drug-likeness (QED) is 0.473. The predicted molar refractivity (Wildman–Crippen MR) is 114 cm³/mol. The summed E-state index contributed by atoms with van der Waals surface area (Å²) < 4.78 is 79.4. The van der Waals surface area contributed by atoms with E-state index in [1.165, 1.54) is 35.5 Å². The van der Waals surface area contributed by atoms with Crippen LogP contribution in [0.2, 0.25) is 0 Å². The fourth-order valence-electron chi connectivity index (χ4n) is 4.30. The summed E-state index contributed by atoms with van der Waals surface area (Å²) in [6, 6.07) is 7.58. The lowest BCUT2D eigenvalue weighted by Gasteiger charge is -2.38. The van der Waals surface area contributed by atoms with Gasteiger partial charge in [-0.3, -0.25) is 0 Å². The van der Waals surface area contributed by atoms with Crippen LogP contribution >= 0.6 is 0 Å². The second-order valence-electron chi connectivity index (χ2n) is 8.76. The van der Waals surface area contributed by atoms with Gasteiger partial charge in [-0.2, -0.15) is 18.3 Å². The first kappa shape index (κ1) is 25.2. The standard InChI is InChI=1S/C24H24F5N3O3/c1-15(23(33,12-32-14-30-13-31-32)20-7-6-19(25)9-21(20)26)8-16-10-34-22(35-11-16)17-2-4-18(5-3-17)24(27,28)29/h2-7,9,13-16,22,33H,8,10-12H2,1H3. The minimum Gasteiger partial charge on any atom is -0.383 e. The lowest BCUT2D eigenvalue weighted by atomic mass is 9.77. The first-order valence-corrected chi connectivity index (χ1v) is 11.0. The molecule has 1 aromatic heterocycles. The number of hydrogen-bond donors (Lipinski definition) is 1. The number of benzene rings is 2. The summed E-state index contributed by atoms with van der Waals surface area (Å²) in [4.78, 5) is 3.85. The highest BCUT2D eigenvalue weighted by Crippen LogP contribution is 2.39. The molecule has 0 radical (unpaired) electrons. The molecule has 11 heteroatoms. The van der Waals surface area contributed by atoms with E-state index in [1.807, 2.05) is 0 Å². The Morgan fingerprint density at radius 3 is 2.34 bits per heavy atom. The molecule has 0 amide bonds. The van der Waals surface area contributed by atoms with Crippen LogP contribution in [0.3, 0.4) is 0 Å². The van der Waals surface area contributed by atoms with Crippen molar-refractivity contribution in [3.8, 4) is 0 Å². The lowest BCUT2D eigenvalue weighted by molar-refractivity contribution is -0.210. The van der Waals surface area contributed by atoms with E-state index in [4.69, 9.17) is 9.47 Å². The number of halogens is 5. The van der Waals surface area contributed by atoms with Gasteiger partial charge in [-0.15, -0.1) is 0 Å². The van der Waals surface area contributed by atoms with Gasteiger partial charge in [0.2, 0.25) is 0 Å². The van der Waals surface area contributed by atoms with Gasteiger partial charge in [0.05, 0.1) is 25.3 Å². The minimum absolute atomic E-state index is 0.0674. The number of hydrogen-bond acceptors (Lipinski definition) is 5. The highest BCUT2D eigenvalue weighted by Gasteiger charge is 2.41. The second kappa shape index (κ2) is 10.00. The zero-order valence-corrected chi connectivity index (χ0v) is 18.8. The summed E-state index contributed by atoms with van der Waals surface area (Å²) >= 11 is 0. The molecular weight excluding hydrogens is 473 g/mol. The van der Waals surface area contributed by atoms with Gasteiger partial charge < -0.3 is 14.6 Å². The van der Waals surface area contributed by atoms with Gasteiger partial charge in [0.1, 0.15) is 29.9 Å². The molecule has 2 aromatic carbocycles. The van der Waals surface area contributed by atoms with Crippen LogP contribution in [0.25, 0.3) is 0 Å². The summed E-state index contributed by atoms with van der Waals surface area (Å²) in [5.74, 6) is -2.35. The summed E-state index contributed by atoms with van der Waals surface area (Å²) in [6.45, 7) is 2.07. The molecule has 6 nitrogen and oxygen atoms in total. The Kier molecular flexibility index (Phi) is 7.20. The third-order valence-electron chi connectivity index (χ3n) is 6.25. The maximum Gasteiger partial charge on any atom is 0.416 e. The Balaban J connectivity index is 1.44. The zero-order chi connectivity index (χ0) is 25.2. The van der Waals surface area contributed by atoms with Crippen LogP contribution < -0.4 is 0 Å². The van der Waals surface area contributed by atoms with E-state index in [1.54, 1.807) is 6.92 Å². The molecule has 4 rings (SSSR count). The highest BCUT2D eigenvalue weighted by molar-refractivity contribution is 5.27. The fraction of sp³-hybridized carbons (Fsp3) is 0.417. The normalized spacial score (nSPS) is 21.5. The van der Waals surface area contributed by atoms with Crippen LogP contribution in [-0.2, 0) is 27.8 Å². The summed E-state index contributed by atoms with van der Waals surface area (Å²) in [5, 5.41) is 15.6. The van der Waals surface area contributed by atoms with E-state index >= 15 is 0 Å². The van der Waals surface area contributed by atoms with Gasteiger partial charge in [0.25, 0.3) is 0 Å². The van der Waals surface area contributed by atoms with Crippen molar-refractivity contribution in [1.82, 2.24) is 14.8 Å². The Morgan fingerprint density at radius 1 is 1.09 bits per heavy atom. The Hall–Kier alpha value is -2.89. The Morgan fingerprint density at radius 2 is 1.77 bits per heavy atom. The predicted octanol–water partition coefficient (Wildman–Crippen LogP) is 4.85. The largest absolute Gasteiger partial charge is 0.416 e. The third kappa shape index (κ3) is 5.68. The third-order valence-corrected chi connectivity index (χ3v) is 6.25. The molecule has 2 unspecified atom stereocenters. The van der Waals surface area contributed by atoms with Crippen LogP contribution in [0, 0.1) is 23.5 Å². The summed E-state index contributed by atoms with van der Waals surface area (Å²) in [6.07, 6.45) is -2.20. The van der Waals surface area contributed by atoms with Crippen molar-refractivity contribution in [1.29, 1.82) is 0 Å². The van der Waals surface area contributed by atoms with Crippen molar-refractivity contribution >= 4 is 0 Å². The van der Waals surface area contributed by atoms with Gasteiger partial charge in [0.15, 0.2) is 6.29 Å². The molecule has 1 fully saturated rings. The number of nitrogens with zero attached hydrogens (tertiary/aromatic N) is 3. The van der Waals surface area contributed by atoms with E-state index in [0.29, 0.717) is 12.0 Å². The molecule has 1 aliphatic heterocycles. The van der Waals surface area contributed by atoms with Crippen molar-refractivity contribution in [3.05, 3.63) is 83.4 Å². The number of alkyl halides is 3. The van der Waals surface area contributed by atoms with Crippen LogP contribution in [0.15, 0.2) is 55.1 Å². The average molecular weight is 497 g/mol. The van der Waals surface area contributed by atoms with Gasteiger partial charge in [0, 0.05) is 23.1 Å². The SMILES string of the molecule is CC(CC1COC(c2ccc(C(F)(F)F)cc2)OC1)C(O)(Cn1cncn1)c1ccc(F)cc1F. The average Bonchev–Trinajstić information content (AvgIpc) is 3.31. The van der Waals surface area contributed by atoms with E-state index in [2.05, 4.69) is 10.1 Å². The van der Waals surface area contributed by atoms with Crippen LogP contribution in [0.5, 0.6) is 0 Å². The van der Waals surface area contributed by atoms with Gasteiger partial charge in [-0.1, -0.05) is 25.1 Å². The molecule has 1 saturated heterocycles. The molecule has 1 aliphatic rings. The topological polar surface area (TPSA) is 69.4 Å². The Bertz CT molecular complexity index is 1120. The molecule has 35 heavy (non-hydrogen) atoms. The van der Waals surface area contributed by atoms with E-state index in [0.717, 1.165) is 24.3 Å². The van der Waals surface area contributed by atoms with Crippen LogP contribution in [0.4, 0.5) is 22.0 Å². The number of ether oxygens (including phenoxy) is 2. The van der Waals surface area contributed by atoms with E-state index < -0.39 is 41.2 Å². The minimum atomic E-state index is -4.43. The first-order valence-electron chi connectivity index (χ1n) is 11.0. The van der Waals surface area contributed by atoms with E-state index in [-0.39, 0.29) is 31.2 Å². The number of aromatic nitrogens is 3. The molecule has 2 heterocycles. The smallest absolute Gasteiger partial charge is 0.383 e. The van der Waals surface area contributed by atoms with Crippen LogP contribution in [0.1, 0.15) is 36.3 Å². The molecule has 0 aliphatic carbocycles. The molecule has 3 aromatic rings. The monoisotopic (exact) mass is 497 g/mol. The van der Waals surface area contributed by atoms with Gasteiger partial charge in [-0.05, 0) is 30.5 Å². The molecular formula is C24H24F5N3O3. The van der Waals surface area contributed by atoms with Crippen molar-refractivity contribution in [2.45, 2.75) is 38.0 Å². The zero-order valence-electron chi connectivity index (χ0n) is 18.8. The molecule has 188 valence electrons. The number of aliphatic hydroxyl groups is 1. The first-order chi connectivity index (χ1) is 16.6. The Labute approximate surface area is 198 Å². The molecule has 0 saturated carbocycles. The second-order valence-corrected chi connectivity index (χ2v) is 8.76. The maximum absolute atomic E-state index is 14.7. The molecule has 2 atom stereocenters. The molecule has 0 bridgehead atoms.